The first-order valence-corrected chi connectivity index (χ1v) is 11.4. The van der Waals surface area contributed by atoms with Crippen molar-refractivity contribution in [1.29, 1.82) is 0 Å². The largest absolute Gasteiger partial charge is 0.489 e. The van der Waals surface area contributed by atoms with Crippen molar-refractivity contribution in [3.63, 3.8) is 0 Å². The minimum Gasteiger partial charge on any atom is -0.489 e. The van der Waals surface area contributed by atoms with E-state index in [9.17, 15) is 14.9 Å². The molecule has 0 saturated carbocycles. The molecule has 2 aliphatic rings. The van der Waals surface area contributed by atoms with Gasteiger partial charge in [-0.15, -0.1) is 0 Å². The third kappa shape index (κ3) is 3.50. The highest BCUT2D eigenvalue weighted by Gasteiger charge is 2.68. The van der Waals surface area contributed by atoms with E-state index in [-0.39, 0.29) is 10.8 Å². The molecule has 5 rings (SSSR count). The summed E-state index contributed by atoms with van der Waals surface area (Å²) in [4.78, 5) is 27.1. The lowest BCUT2D eigenvalue weighted by molar-refractivity contribution is -0.534. The Morgan fingerprint density at radius 1 is 1.12 bits per heavy atom. The molecule has 2 heterocycles. The average molecular weight is 508 g/mol. The van der Waals surface area contributed by atoms with Crippen molar-refractivity contribution in [3.8, 4) is 5.75 Å². The monoisotopic (exact) mass is 507 g/mol. The number of nitrogens with one attached hydrogen (secondary N) is 1. The summed E-state index contributed by atoms with van der Waals surface area (Å²) >= 11 is 3.42. The molecule has 8 heteroatoms. The highest BCUT2D eigenvalue weighted by Crippen LogP contribution is 2.51. The molecular weight excluding hydrogens is 486 g/mol. The van der Waals surface area contributed by atoms with Gasteiger partial charge in [0.1, 0.15) is 12.4 Å². The van der Waals surface area contributed by atoms with E-state index in [0.717, 1.165) is 15.6 Å². The van der Waals surface area contributed by atoms with Crippen LogP contribution in [-0.2, 0) is 16.9 Å². The van der Waals surface area contributed by atoms with Crippen LogP contribution in [0.5, 0.6) is 5.75 Å². The van der Waals surface area contributed by atoms with Crippen molar-refractivity contribution in [2.45, 2.75) is 24.1 Å². The minimum absolute atomic E-state index is 0.298. The lowest BCUT2D eigenvalue weighted by Gasteiger charge is -2.30. The van der Waals surface area contributed by atoms with Crippen molar-refractivity contribution in [2.75, 3.05) is 18.9 Å². The predicted molar refractivity (Wildman–Crippen MR) is 128 cm³/mol. The number of hydrogen-bond acceptors (Lipinski definition) is 5. The molecule has 7 nitrogen and oxygen atoms in total. The van der Waals surface area contributed by atoms with Crippen LogP contribution in [0.3, 0.4) is 0 Å². The van der Waals surface area contributed by atoms with Gasteiger partial charge in [0.05, 0.1) is 5.92 Å². The van der Waals surface area contributed by atoms with Crippen LogP contribution in [-0.4, -0.2) is 35.4 Å². The van der Waals surface area contributed by atoms with Gasteiger partial charge in [0.25, 0.3) is 11.9 Å². The Bertz CT molecular complexity index is 1220. The molecule has 2 aliphatic heterocycles. The summed E-state index contributed by atoms with van der Waals surface area (Å²) in [6.45, 7) is 0.822. The van der Waals surface area contributed by atoms with E-state index in [1.54, 1.807) is 13.1 Å². The summed E-state index contributed by atoms with van der Waals surface area (Å²) in [6, 6.07) is 21.4. The first kappa shape index (κ1) is 21.6. The van der Waals surface area contributed by atoms with Crippen LogP contribution < -0.4 is 10.1 Å². The summed E-state index contributed by atoms with van der Waals surface area (Å²) in [6.07, 6.45) is 0. The lowest BCUT2D eigenvalue weighted by Crippen LogP contribution is -2.54. The Hall–Kier alpha value is -3.23. The van der Waals surface area contributed by atoms with E-state index in [4.69, 9.17) is 4.74 Å². The number of rotatable bonds is 5. The van der Waals surface area contributed by atoms with Crippen LogP contribution in [0.2, 0.25) is 0 Å². The quantitative estimate of drug-likeness (QED) is 0.404. The molecule has 3 aromatic rings. The van der Waals surface area contributed by atoms with E-state index in [1.165, 1.54) is 0 Å². The van der Waals surface area contributed by atoms with Gasteiger partial charge < -0.3 is 10.1 Å². The molecule has 3 aromatic carbocycles. The fourth-order valence-corrected chi connectivity index (χ4v) is 5.40. The smallest absolute Gasteiger partial charge is 0.256 e. The molecule has 1 saturated heterocycles. The predicted octanol–water partition coefficient (Wildman–Crippen LogP) is 4.55. The van der Waals surface area contributed by atoms with Gasteiger partial charge in [-0.3, -0.25) is 19.8 Å². The standard InChI is InChI=1S/C25H22BrN3O4/c1-28-14-20(17-8-12-19(13-9-17)33-15-16-6-10-18(26)11-7-16)23(29(31)32)25(28)21-4-2-3-5-22(21)27-24(25)30/h2-13,20,23H,14-15H2,1H3,(H,27,30)/t20-,23-,25+/m1/s1. The van der Waals surface area contributed by atoms with Crippen LogP contribution in [0, 0.1) is 10.1 Å². The molecule has 1 amide bonds. The summed E-state index contributed by atoms with van der Waals surface area (Å²) in [5, 5.41) is 15.2. The number of carbonyl (C=O) groups excluding carboxylic acids is 1. The number of likely N-dealkylation sites (N-methyl/N-ethyl adjacent to an activating group) is 1. The zero-order chi connectivity index (χ0) is 23.2. The third-order valence-electron chi connectivity index (χ3n) is 6.67. The van der Waals surface area contributed by atoms with Crippen molar-refractivity contribution in [1.82, 2.24) is 4.90 Å². The van der Waals surface area contributed by atoms with Crippen LogP contribution in [0.15, 0.2) is 77.3 Å². The number of para-hydroxylation sites is 1. The van der Waals surface area contributed by atoms with E-state index < -0.39 is 17.5 Å². The van der Waals surface area contributed by atoms with Crippen molar-refractivity contribution in [3.05, 3.63) is 104 Å². The summed E-state index contributed by atoms with van der Waals surface area (Å²) in [5.41, 5.74) is 1.82. The van der Waals surface area contributed by atoms with E-state index in [2.05, 4.69) is 21.2 Å². The Morgan fingerprint density at radius 2 is 1.82 bits per heavy atom. The highest BCUT2D eigenvalue weighted by molar-refractivity contribution is 9.10. The third-order valence-corrected chi connectivity index (χ3v) is 7.20. The van der Waals surface area contributed by atoms with Gasteiger partial charge in [0.15, 0.2) is 5.54 Å². The fraction of sp³-hybridized carbons (Fsp3) is 0.240. The molecule has 0 aliphatic carbocycles. The van der Waals surface area contributed by atoms with Gasteiger partial charge >= 0.3 is 0 Å². The molecule has 168 valence electrons. The number of anilines is 1. The minimum atomic E-state index is -1.33. The Kier molecular flexibility index (Phi) is 5.42. The number of fused-ring (bicyclic) bond motifs is 2. The Labute approximate surface area is 199 Å². The molecule has 0 aromatic heterocycles. The van der Waals surface area contributed by atoms with Crippen LogP contribution in [0.4, 0.5) is 5.69 Å². The summed E-state index contributed by atoms with van der Waals surface area (Å²) in [7, 11) is 1.79. The number of benzene rings is 3. The molecule has 1 spiro atoms. The lowest BCUT2D eigenvalue weighted by atomic mass is 9.79. The molecule has 33 heavy (non-hydrogen) atoms. The number of amides is 1. The SMILES string of the molecule is CN1C[C@H](c2ccc(OCc3ccc(Br)cc3)cc2)[C@@H]([N+](=O)[O-])[C@@]12C(=O)Nc1ccccc12. The first-order chi connectivity index (χ1) is 15.9. The summed E-state index contributed by atoms with van der Waals surface area (Å²) in [5.74, 6) is -0.100. The second-order valence-corrected chi connectivity index (χ2v) is 9.38. The van der Waals surface area contributed by atoms with Gasteiger partial charge in [-0.25, -0.2) is 0 Å². The van der Waals surface area contributed by atoms with Gasteiger partial charge in [-0.2, -0.15) is 0 Å². The Morgan fingerprint density at radius 3 is 2.52 bits per heavy atom. The fourth-order valence-electron chi connectivity index (χ4n) is 5.14. The second kappa shape index (κ2) is 8.28. The Balaban J connectivity index is 1.42. The molecule has 0 radical (unpaired) electrons. The van der Waals surface area contributed by atoms with Gasteiger partial charge in [-0.05, 0) is 48.5 Å². The number of halogens is 1. The number of likely N-dealkylation sites (tertiary alicyclic amines) is 1. The van der Waals surface area contributed by atoms with Crippen molar-refractivity contribution < 1.29 is 14.5 Å². The van der Waals surface area contributed by atoms with Gasteiger partial charge in [-0.1, -0.05) is 58.4 Å². The van der Waals surface area contributed by atoms with Crippen LogP contribution in [0.1, 0.15) is 22.6 Å². The number of nitro groups is 1. The molecule has 3 atom stereocenters. The number of nitrogens with zero attached hydrogens (tertiary/aromatic N) is 2. The van der Waals surface area contributed by atoms with Gasteiger partial charge in [0.2, 0.25) is 0 Å². The van der Waals surface area contributed by atoms with E-state index in [1.807, 2.05) is 71.6 Å². The molecule has 1 fully saturated rings. The van der Waals surface area contributed by atoms with Crippen LogP contribution >= 0.6 is 15.9 Å². The van der Waals surface area contributed by atoms with E-state index >= 15 is 0 Å². The number of ether oxygens (including phenoxy) is 1. The zero-order valence-corrected chi connectivity index (χ0v) is 19.5. The average Bonchev–Trinajstić information content (AvgIpc) is 3.29. The molecule has 0 bridgehead atoms. The van der Waals surface area contributed by atoms with Crippen molar-refractivity contribution in [2.24, 2.45) is 0 Å². The first-order valence-electron chi connectivity index (χ1n) is 10.6. The topological polar surface area (TPSA) is 84.7 Å². The van der Waals surface area contributed by atoms with E-state index in [0.29, 0.717) is 30.2 Å². The maximum Gasteiger partial charge on any atom is 0.256 e. The summed E-state index contributed by atoms with van der Waals surface area (Å²) < 4.78 is 6.89. The maximum atomic E-state index is 13.2. The van der Waals surface area contributed by atoms with Gasteiger partial charge in [0, 0.05) is 27.2 Å². The highest BCUT2D eigenvalue weighted by atomic mass is 79.9. The molecule has 1 N–H and O–H groups in total. The number of carbonyl (C=O) groups is 1. The molecule has 0 unspecified atom stereocenters. The van der Waals surface area contributed by atoms with Crippen molar-refractivity contribution >= 4 is 27.5 Å². The van der Waals surface area contributed by atoms with Crippen LogP contribution in [0.25, 0.3) is 0 Å². The number of hydrogen-bond donors (Lipinski definition) is 1. The molecular formula is C25H22BrN3O4. The maximum absolute atomic E-state index is 13.2. The normalized spacial score (nSPS) is 24.0. The second-order valence-electron chi connectivity index (χ2n) is 8.47. The zero-order valence-electron chi connectivity index (χ0n) is 17.9.